The van der Waals surface area contributed by atoms with Gasteiger partial charge in [0.15, 0.2) is 9.37 Å². The predicted molar refractivity (Wildman–Crippen MR) is 76.2 cm³/mol. The van der Waals surface area contributed by atoms with E-state index in [1.54, 1.807) is 12.4 Å². The van der Waals surface area contributed by atoms with Crippen LogP contribution >= 0.6 is 23.1 Å². The number of anilines is 1. The van der Waals surface area contributed by atoms with Crippen molar-refractivity contribution in [1.82, 2.24) is 20.2 Å². The largest absolute Gasteiger partial charge is 0.354 e. The van der Waals surface area contributed by atoms with E-state index in [2.05, 4.69) is 25.5 Å². The minimum Gasteiger partial charge on any atom is -0.354 e. The van der Waals surface area contributed by atoms with E-state index in [0.29, 0.717) is 22.5 Å². The topological polar surface area (TPSA) is 107 Å². The SMILES string of the molecule is CCCNc1nc(C)c([N+](=O)[O-])c(Sc2nncs2)n1. The van der Waals surface area contributed by atoms with Crippen molar-refractivity contribution in [2.45, 2.75) is 29.6 Å². The number of nitrogens with zero attached hydrogens (tertiary/aromatic N) is 5. The number of nitro groups is 1. The molecule has 0 aliphatic carbocycles. The molecule has 2 rings (SSSR count). The number of aryl methyl sites for hydroxylation is 1. The molecule has 0 bridgehead atoms. The Morgan fingerprint density at radius 3 is 2.90 bits per heavy atom. The normalized spacial score (nSPS) is 10.5. The smallest absolute Gasteiger partial charge is 0.322 e. The molecule has 0 aromatic carbocycles. The highest BCUT2D eigenvalue weighted by Gasteiger charge is 2.23. The molecular formula is C10H12N6O2S2. The van der Waals surface area contributed by atoms with Crippen LogP contribution in [0.1, 0.15) is 19.0 Å². The van der Waals surface area contributed by atoms with Crippen LogP contribution in [0.25, 0.3) is 0 Å². The van der Waals surface area contributed by atoms with Crippen molar-refractivity contribution in [3.8, 4) is 0 Å². The number of hydrogen-bond donors (Lipinski definition) is 1. The molecule has 0 saturated carbocycles. The first-order valence-corrected chi connectivity index (χ1v) is 7.52. The average molecular weight is 312 g/mol. The molecule has 0 spiro atoms. The van der Waals surface area contributed by atoms with Gasteiger partial charge in [-0.3, -0.25) is 10.1 Å². The van der Waals surface area contributed by atoms with Crippen molar-refractivity contribution in [2.75, 3.05) is 11.9 Å². The summed E-state index contributed by atoms with van der Waals surface area (Å²) in [5.41, 5.74) is 1.81. The Bertz CT molecular complexity index is 604. The van der Waals surface area contributed by atoms with Crippen molar-refractivity contribution < 1.29 is 4.92 Å². The maximum atomic E-state index is 11.2. The fourth-order valence-corrected chi connectivity index (χ4v) is 2.97. The van der Waals surface area contributed by atoms with Crippen molar-refractivity contribution in [3.63, 3.8) is 0 Å². The monoisotopic (exact) mass is 312 g/mol. The summed E-state index contributed by atoms with van der Waals surface area (Å²) in [4.78, 5) is 19.0. The number of aromatic nitrogens is 4. The van der Waals surface area contributed by atoms with E-state index in [1.807, 2.05) is 6.92 Å². The summed E-state index contributed by atoms with van der Waals surface area (Å²) in [5, 5.41) is 22.0. The Morgan fingerprint density at radius 1 is 1.50 bits per heavy atom. The van der Waals surface area contributed by atoms with E-state index in [9.17, 15) is 10.1 Å². The Balaban J connectivity index is 2.38. The summed E-state index contributed by atoms with van der Waals surface area (Å²) in [6.07, 6.45) is 0.915. The van der Waals surface area contributed by atoms with Crippen molar-refractivity contribution in [3.05, 3.63) is 21.3 Å². The lowest BCUT2D eigenvalue weighted by molar-refractivity contribution is -0.389. The maximum absolute atomic E-state index is 11.2. The molecule has 0 aliphatic rings. The number of nitrogens with one attached hydrogen (secondary N) is 1. The van der Waals surface area contributed by atoms with Crippen LogP contribution in [0, 0.1) is 17.0 Å². The third kappa shape index (κ3) is 3.39. The highest BCUT2D eigenvalue weighted by molar-refractivity contribution is 8.01. The van der Waals surface area contributed by atoms with Crippen LogP contribution in [0.3, 0.4) is 0 Å². The van der Waals surface area contributed by atoms with Crippen LogP contribution in [-0.4, -0.2) is 31.6 Å². The van der Waals surface area contributed by atoms with Gasteiger partial charge in [0.25, 0.3) is 0 Å². The third-order valence-electron chi connectivity index (χ3n) is 2.27. The molecule has 0 saturated heterocycles. The third-order valence-corrected chi connectivity index (χ3v) is 4.02. The van der Waals surface area contributed by atoms with E-state index in [1.165, 1.54) is 11.3 Å². The van der Waals surface area contributed by atoms with Gasteiger partial charge in [0.05, 0.1) is 4.92 Å². The van der Waals surface area contributed by atoms with Crippen LogP contribution in [0.15, 0.2) is 14.9 Å². The molecule has 1 N–H and O–H groups in total. The molecule has 0 fully saturated rings. The predicted octanol–water partition coefficient (Wildman–Crippen LogP) is 2.52. The lowest BCUT2D eigenvalue weighted by Gasteiger charge is -2.07. The van der Waals surface area contributed by atoms with E-state index >= 15 is 0 Å². The Kier molecular flexibility index (Phi) is 4.79. The molecule has 0 aliphatic heterocycles. The minimum atomic E-state index is -0.470. The van der Waals surface area contributed by atoms with Crippen molar-refractivity contribution in [1.29, 1.82) is 0 Å². The summed E-state index contributed by atoms with van der Waals surface area (Å²) in [6, 6.07) is 0. The lowest BCUT2D eigenvalue weighted by atomic mass is 10.4. The molecule has 2 heterocycles. The summed E-state index contributed by atoms with van der Waals surface area (Å²) in [5.74, 6) is 0.391. The Labute approximate surface area is 123 Å². The van der Waals surface area contributed by atoms with Gasteiger partial charge in [0, 0.05) is 6.54 Å². The van der Waals surface area contributed by atoms with Gasteiger partial charge in [-0.2, -0.15) is 4.98 Å². The summed E-state index contributed by atoms with van der Waals surface area (Å²) >= 11 is 2.43. The zero-order valence-corrected chi connectivity index (χ0v) is 12.5. The molecule has 0 atom stereocenters. The maximum Gasteiger partial charge on any atom is 0.322 e. The first-order chi connectivity index (χ1) is 9.61. The van der Waals surface area contributed by atoms with E-state index < -0.39 is 4.92 Å². The van der Waals surface area contributed by atoms with Crippen molar-refractivity contribution >= 4 is 34.7 Å². The molecule has 0 radical (unpaired) electrons. The second-order valence-electron chi connectivity index (χ2n) is 3.78. The molecule has 2 aromatic rings. The zero-order chi connectivity index (χ0) is 14.5. The number of hydrogen-bond acceptors (Lipinski definition) is 9. The molecule has 2 aromatic heterocycles. The Morgan fingerprint density at radius 2 is 2.30 bits per heavy atom. The van der Waals surface area contributed by atoms with Crippen LogP contribution in [0.5, 0.6) is 0 Å². The van der Waals surface area contributed by atoms with Gasteiger partial charge in [0.1, 0.15) is 11.2 Å². The van der Waals surface area contributed by atoms with E-state index in [0.717, 1.165) is 18.2 Å². The van der Waals surface area contributed by atoms with Crippen LogP contribution in [0.2, 0.25) is 0 Å². The summed E-state index contributed by atoms with van der Waals surface area (Å²) < 4.78 is 0.604. The number of rotatable bonds is 6. The standard InChI is InChI=1S/C10H12N6O2S2/c1-3-4-11-9-13-6(2)7(16(17)18)8(14-9)20-10-15-12-5-19-10/h5H,3-4H2,1-2H3,(H,11,13,14). The first-order valence-electron chi connectivity index (χ1n) is 5.82. The summed E-state index contributed by atoms with van der Waals surface area (Å²) in [6.45, 7) is 4.32. The zero-order valence-electron chi connectivity index (χ0n) is 10.9. The molecular weight excluding hydrogens is 300 g/mol. The minimum absolute atomic E-state index is 0.0905. The first kappa shape index (κ1) is 14.6. The highest BCUT2D eigenvalue weighted by atomic mass is 32.2. The van der Waals surface area contributed by atoms with E-state index in [4.69, 9.17) is 0 Å². The average Bonchev–Trinajstić information content (AvgIpc) is 2.88. The second kappa shape index (κ2) is 6.57. The van der Waals surface area contributed by atoms with Crippen molar-refractivity contribution in [2.24, 2.45) is 0 Å². The molecule has 10 heteroatoms. The molecule has 8 nitrogen and oxygen atoms in total. The van der Waals surface area contributed by atoms with Gasteiger partial charge in [-0.1, -0.05) is 18.3 Å². The fraction of sp³-hybridized carbons (Fsp3) is 0.400. The van der Waals surface area contributed by atoms with Gasteiger partial charge >= 0.3 is 5.69 Å². The van der Waals surface area contributed by atoms with Gasteiger partial charge < -0.3 is 5.32 Å². The molecule has 20 heavy (non-hydrogen) atoms. The van der Waals surface area contributed by atoms with Gasteiger partial charge in [-0.25, -0.2) is 4.98 Å². The van der Waals surface area contributed by atoms with Crippen LogP contribution < -0.4 is 5.32 Å². The fourth-order valence-electron chi connectivity index (χ4n) is 1.43. The quantitative estimate of drug-likeness (QED) is 0.492. The second-order valence-corrected chi connectivity index (χ2v) is 5.85. The lowest BCUT2D eigenvalue weighted by Crippen LogP contribution is -2.08. The van der Waals surface area contributed by atoms with E-state index in [-0.39, 0.29) is 10.7 Å². The molecule has 0 unspecified atom stereocenters. The highest BCUT2D eigenvalue weighted by Crippen LogP contribution is 2.35. The van der Waals surface area contributed by atoms with Gasteiger partial charge in [-0.05, 0) is 25.1 Å². The Hall–Kier alpha value is -1.81. The molecule has 0 amide bonds. The molecule has 106 valence electrons. The van der Waals surface area contributed by atoms with Crippen LogP contribution in [-0.2, 0) is 0 Å². The van der Waals surface area contributed by atoms with Gasteiger partial charge in [-0.15, -0.1) is 10.2 Å². The van der Waals surface area contributed by atoms with Crippen LogP contribution in [0.4, 0.5) is 11.6 Å². The van der Waals surface area contributed by atoms with Gasteiger partial charge in [0.2, 0.25) is 5.95 Å². The summed E-state index contributed by atoms with van der Waals surface area (Å²) in [7, 11) is 0.